The second-order valence-electron chi connectivity index (χ2n) is 4.62. The van der Waals surface area contributed by atoms with E-state index in [9.17, 15) is 4.79 Å². The first-order valence-corrected chi connectivity index (χ1v) is 5.66. The Morgan fingerprint density at radius 2 is 1.73 bits per heavy atom. The molecule has 0 aliphatic carbocycles. The van der Waals surface area contributed by atoms with Crippen LogP contribution in [-0.4, -0.2) is 5.78 Å². The van der Waals surface area contributed by atoms with Crippen LogP contribution < -0.4 is 0 Å². The summed E-state index contributed by atoms with van der Waals surface area (Å²) in [5.41, 5.74) is 1.32. The Hall–Kier alpha value is -1.11. The van der Waals surface area contributed by atoms with Crippen molar-refractivity contribution in [1.82, 2.24) is 0 Å². The van der Waals surface area contributed by atoms with Crippen LogP contribution in [0, 0.1) is 11.8 Å². The molecule has 82 valence electrons. The van der Waals surface area contributed by atoms with Crippen LogP contribution in [0.2, 0.25) is 0 Å². The van der Waals surface area contributed by atoms with E-state index in [1.54, 1.807) is 0 Å². The van der Waals surface area contributed by atoms with Crippen molar-refractivity contribution in [3.63, 3.8) is 0 Å². The van der Waals surface area contributed by atoms with Crippen LogP contribution >= 0.6 is 0 Å². The van der Waals surface area contributed by atoms with Crippen molar-refractivity contribution in [3.05, 3.63) is 35.9 Å². The highest BCUT2D eigenvalue weighted by Gasteiger charge is 2.12. The molecule has 0 saturated carbocycles. The van der Waals surface area contributed by atoms with Crippen LogP contribution in [0.4, 0.5) is 0 Å². The number of carbonyl (C=O) groups is 1. The van der Waals surface area contributed by atoms with E-state index in [4.69, 9.17) is 0 Å². The van der Waals surface area contributed by atoms with Crippen molar-refractivity contribution in [2.24, 2.45) is 11.8 Å². The van der Waals surface area contributed by atoms with E-state index in [2.05, 4.69) is 19.1 Å². The molecule has 0 bridgehead atoms. The van der Waals surface area contributed by atoms with E-state index in [1.165, 1.54) is 5.56 Å². The molecule has 0 radical (unpaired) electrons. The largest absolute Gasteiger partial charge is 0.299 e. The van der Waals surface area contributed by atoms with Crippen LogP contribution in [-0.2, 0) is 11.2 Å². The number of ketones is 1. The van der Waals surface area contributed by atoms with Gasteiger partial charge in [0.15, 0.2) is 0 Å². The summed E-state index contributed by atoms with van der Waals surface area (Å²) in [5.74, 6) is 0.990. The van der Waals surface area contributed by atoms with Gasteiger partial charge in [0, 0.05) is 12.3 Å². The molecule has 0 aromatic heterocycles. The minimum absolute atomic E-state index is 0.170. The summed E-state index contributed by atoms with van der Waals surface area (Å²) < 4.78 is 0. The second-order valence-corrected chi connectivity index (χ2v) is 4.62. The van der Waals surface area contributed by atoms with E-state index in [0.717, 1.165) is 6.42 Å². The van der Waals surface area contributed by atoms with Crippen molar-refractivity contribution >= 4 is 5.78 Å². The molecule has 0 fully saturated rings. The predicted octanol–water partition coefficient (Wildman–Crippen LogP) is 3.48. The Balaban J connectivity index is 2.43. The van der Waals surface area contributed by atoms with Gasteiger partial charge in [0.2, 0.25) is 0 Å². The van der Waals surface area contributed by atoms with Gasteiger partial charge in [-0.3, -0.25) is 4.79 Å². The minimum atomic E-state index is 0.170. The topological polar surface area (TPSA) is 17.1 Å². The van der Waals surface area contributed by atoms with Crippen LogP contribution in [0.25, 0.3) is 0 Å². The molecule has 1 aromatic rings. The molecule has 0 aliphatic heterocycles. The number of benzene rings is 1. The zero-order chi connectivity index (χ0) is 11.3. The number of rotatable bonds is 5. The third kappa shape index (κ3) is 4.28. The maximum Gasteiger partial charge on any atom is 0.135 e. The smallest absolute Gasteiger partial charge is 0.135 e. The Kier molecular flexibility index (Phi) is 4.54. The summed E-state index contributed by atoms with van der Waals surface area (Å²) in [6.45, 7) is 6.09. The fourth-order valence-electron chi connectivity index (χ4n) is 1.67. The molecule has 0 amide bonds. The number of hydrogen-bond donors (Lipinski definition) is 0. The summed E-state index contributed by atoms with van der Waals surface area (Å²) in [6, 6.07) is 10.4. The molecule has 0 aliphatic rings. The first kappa shape index (κ1) is 12.0. The van der Waals surface area contributed by atoms with E-state index >= 15 is 0 Å². The molecular weight excluding hydrogens is 184 g/mol. The van der Waals surface area contributed by atoms with Crippen molar-refractivity contribution in [1.29, 1.82) is 0 Å². The van der Waals surface area contributed by atoms with Gasteiger partial charge in [0.25, 0.3) is 0 Å². The minimum Gasteiger partial charge on any atom is -0.299 e. The SMILES string of the molecule is CC(C)C(=O)C[C@H](C)Cc1ccccc1. The Bertz CT molecular complexity index is 300. The lowest BCUT2D eigenvalue weighted by Crippen LogP contribution is -2.13. The standard InChI is InChI=1S/C14H20O/c1-11(2)14(15)10-12(3)9-13-7-5-4-6-8-13/h4-8,11-12H,9-10H2,1-3H3/t12-/m1/s1. The number of Topliss-reactive ketones (excluding diaryl/α,β-unsaturated/α-hetero) is 1. The van der Waals surface area contributed by atoms with E-state index < -0.39 is 0 Å². The Morgan fingerprint density at radius 3 is 2.27 bits per heavy atom. The van der Waals surface area contributed by atoms with Crippen molar-refractivity contribution in [2.75, 3.05) is 0 Å². The van der Waals surface area contributed by atoms with Gasteiger partial charge in [-0.15, -0.1) is 0 Å². The average Bonchev–Trinajstić information content (AvgIpc) is 2.18. The first-order chi connectivity index (χ1) is 7.09. The lowest BCUT2D eigenvalue weighted by molar-refractivity contribution is -0.122. The molecule has 0 spiro atoms. The highest BCUT2D eigenvalue weighted by atomic mass is 16.1. The van der Waals surface area contributed by atoms with Gasteiger partial charge in [-0.1, -0.05) is 51.1 Å². The van der Waals surface area contributed by atoms with Gasteiger partial charge >= 0.3 is 0 Å². The van der Waals surface area contributed by atoms with Gasteiger partial charge < -0.3 is 0 Å². The van der Waals surface area contributed by atoms with E-state index in [-0.39, 0.29) is 5.92 Å². The molecule has 0 heterocycles. The molecule has 15 heavy (non-hydrogen) atoms. The molecule has 0 saturated heterocycles. The van der Waals surface area contributed by atoms with Gasteiger partial charge in [-0.2, -0.15) is 0 Å². The van der Waals surface area contributed by atoms with Gasteiger partial charge in [-0.25, -0.2) is 0 Å². The molecule has 1 nitrogen and oxygen atoms in total. The van der Waals surface area contributed by atoms with E-state index in [0.29, 0.717) is 18.1 Å². The molecule has 1 aromatic carbocycles. The van der Waals surface area contributed by atoms with E-state index in [1.807, 2.05) is 32.0 Å². The first-order valence-electron chi connectivity index (χ1n) is 5.66. The lowest BCUT2D eigenvalue weighted by atomic mass is 9.92. The normalized spacial score (nSPS) is 12.8. The highest BCUT2D eigenvalue weighted by molar-refractivity contribution is 5.80. The monoisotopic (exact) mass is 204 g/mol. The highest BCUT2D eigenvalue weighted by Crippen LogP contribution is 2.14. The Labute approximate surface area is 92.5 Å². The average molecular weight is 204 g/mol. The van der Waals surface area contributed by atoms with Crippen LogP contribution in [0.1, 0.15) is 32.8 Å². The molecule has 1 heteroatoms. The van der Waals surface area contributed by atoms with Crippen molar-refractivity contribution < 1.29 is 4.79 Å². The fourth-order valence-corrected chi connectivity index (χ4v) is 1.67. The van der Waals surface area contributed by atoms with Gasteiger partial charge in [-0.05, 0) is 17.9 Å². The second kappa shape index (κ2) is 5.69. The molecule has 1 atom stereocenters. The fraction of sp³-hybridized carbons (Fsp3) is 0.500. The van der Waals surface area contributed by atoms with Gasteiger partial charge in [0.1, 0.15) is 5.78 Å². The van der Waals surface area contributed by atoms with Crippen LogP contribution in [0.15, 0.2) is 30.3 Å². The van der Waals surface area contributed by atoms with Crippen LogP contribution in [0.5, 0.6) is 0 Å². The maximum absolute atomic E-state index is 11.5. The van der Waals surface area contributed by atoms with Crippen molar-refractivity contribution in [2.45, 2.75) is 33.6 Å². The third-order valence-corrected chi connectivity index (χ3v) is 2.62. The van der Waals surface area contributed by atoms with Gasteiger partial charge in [0.05, 0.1) is 0 Å². The third-order valence-electron chi connectivity index (χ3n) is 2.62. The van der Waals surface area contributed by atoms with Crippen LogP contribution in [0.3, 0.4) is 0 Å². The summed E-state index contributed by atoms with van der Waals surface area (Å²) in [4.78, 5) is 11.5. The summed E-state index contributed by atoms with van der Waals surface area (Å²) >= 11 is 0. The quantitative estimate of drug-likeness (QED) is 0.717. The zero-order valence-corrected chi connectivity index (χ0v) is 9.86. The summed E-state index contributed by atoms with van der Waals surface area (Å²) in [7, 11) is 0. The lowest BCUT2D eigenvalue weighted by Gasteiger charge is -2.12. The molecule has 0 unspecified atom stereocenters. The predicted molar refractivity (Wildman–Crippen MR) is 63.8 cm³/mol. The van der Waals surface area contributed by atoms with Crippen molar-refractivity contribution in [3.8, 4) is 0 Å². The number of hydrogen-bond acceptors (Lipinski definition) is 1. The molecular formula is C14H20O. The summed E-state index contributed by atoms with van der Waals surface area (Å²) in [5, 5.41) is 0. The maximum atomic E-state index is 11.5. The molecule has 1 rings (SSSR count). The summed E-state index contributed by atoms with van der Waals surface area (Å²) in [6.07, 6.45) is 1.70. The number of carbonyl (C=O) groups excluding carboxylic acids is 1. The Morgan fingerprint density at radius 1 is 1.13 bits per heavy atom. The molecule has 0 N–H and O–H groups in total. The zero-order valence-electron chi connectivity index (χ0n) is 9.86.